The maximum atomic E-state index is 12.3. The van der Waals surface area contributed by atoms with Gasteiger partial charge in [-0.3, -0.25) is 0 Å². The van der Waals surface area contributed by atoms with Crippen LogP contribution in [0.25, 0.3) is 0 Å². The lowest BCUT2D eigenvalue weighted by molar-refractivity contribution is 0.00661. The van der Waals surface area contributed by atoms with Crippen LogP contribution in [0, 0.1) is 5.92 Å². The van der Waals surface area contributed by atoms with Crippen molar-refractivity contribution in [2.24, 2.45) is 5.92 Å². The van der Waals surface area contributed by atoms with Gasteiger partial charge in [0.1, 0.15) is 5.60 Å². The van der Waals surface area contributed by atoms with Gasteiger partial charge >= 0.3 is 6.09 Å². The molecule has 1 aliphatic carbocycles. The zero-order valence-corrected chi connectivity index (χ0v) is 15.9. The number of nitrogens with one attached hydrogen (secondary N) is 1. The lowest BCUT2D eigenvalue weighted by atomic mass is 10.1. The van der Waals surface area contributed by atoms with Crippen LogP contribution in [0.15, 0.2) is 0 Å². The van der Waals surface area contributed by atoms with Gasteiger partial charge in [0.2, 0.25) is 0 Å². The molecule has 0 saturated heterocycles. The number of ether oxygens (including phenoxy) is 2. The maximum absolute atomic E-state index is 12.3. The molecule has 5 heteroatoms. The normalized spacial score (nSPS) is 15.6. The second-order valence-electron chi connectivity index (χ2n) is 8.42. The van der Waals surface area contributed by atoms with Gasteiger partial charge in [0.15, 0.2) is 0 Å². The third-order valence-electron chi connectivity index (χ3n) is 3.63. The SMILES string of the molecule is CC(C)(C)OC(=O)N(CCNCCCOCC1CC1)C(C)(C)C. The van der Waals surface area contributed by atoms with E-state index in [1.165, 1.54) is 12.8 Å². The van der Waals surface area contributed by atoms with Crippen molar-refractivity contribution in [1.82, 2.24) is 10.2 Å². The molecule has 1 fully saturated rings. The minimum atomic E-state index is -0.465. The Labute approximate surface area is 142 Å². The highest BCUT2D eigenvalue weighted by Gasteiger charge is 2.30. The summed E-state index contributed by atoms with van der Waals surface area (Å²) in [5.74, 6) is 0.831. The monoisotopic (exact) mass is 328 g/mol. The van der Waals surface area contributed by atoms with E-state index >= 15 is 0 Å². The van der Waals surface area contributed by atoms with Gasteiger partial charge in [0.05, 0.1) is 0 Å². The molecule has 5 nitrogen and oxygen atoms in total. The minimum absolute atomic E-state index is 0.250. The number of rotatable bonds is 9. The maximum Gasteiger partial charge on any atom is 0.410 e. The van der Waals surface area contributed by atoms with Crippen molar-refractivity contribution in [3.8, 4) is 0 Å². The molecular weight excluding hydrogens is 292 g/mol. The lowest BCUT2D eigenvalue weighted by Gasteiger charge is -2.36. The van der Waals surface area contributed by atoms with Crippen LogP contribution in [0.3, 0.4) is 0 Å². The Morgan fingerprint density at radius 2 is 1.78 bits per heavy atom. The quantitative estimate of drug-likeness (QED) is 0.659. The van der Waals surface area contributed by atoms with Gasteiger partial charge in [0, 0.05) is 31.8 Å². The molecule has 0 unspecified atom stereocenters. The molecule has 0 aromatic rings. The van der Waals surface area contributed by atoms with Crippen LogP contribution in [-0.4, -0.2) is 55.0 Å². The first-order valence-electron chi connectivity index (χ1n) is 8.89. The summed E-state index contributed by atoms with van der Waals surface area (Å²) >= 11 is 0. The van der Waals surface area contributed by atoms with E-state index in [0.29, 0.717) is 6.54 Å². The molecule has 0 atom stereocenters. The predicted molar refractivity (Wildman–Crippen MR) is 93.7 cm³/mol. The summed E-state index contributed by atoms with van der Waals surface area (Å²) in [5, 5.41) is 3.38. The molecule has 1 amide bonds. The zero-order valence-electron chi connectivity index (χ0n) is 15.9. The first-order valence-corrected chi connectivity index (χ1v) is 8.89. The molecule has 0 aliphatic heterocycles. The van der Waals surface area contributed by atoms with Crippen LogP contribution in [-0.2, 0) is 9.47 Å². The van der Waals surface area contributed by atoms with E-state index in [0.717, 1.165) is 38.6 Å². The van der Waals surface area contributed by atoms with Gasteiger partial charge in [-0.05, 0) is 73.3 Å². The number of hydrogen-bond donors (Lipinski definition) is 1. The molecule has 1 aliphatic rings. The predicted octanol–water partition coefficient (Wildman–Crippen LogP) is 3.43. The van der Waals surface area contributed by atoms with Gasteiger partial charge in [-0.2, -0.15) is 0 Å². The topological polar surface area (TPSA) is 50.8 Å². The fourth-order valence-electron chi connectivity index (χ4n) is 2.17. The molecule has 1 saturated carbocycles. The highest BCUT2D eigenvalue weighted by molar-refractivity contribution is 5.69. The summed E-state index contributed by atoms with van der Waals surface area (Å²) in [7, 11) is 0. The van der Waals surface area contributed by atoms with Crippen molar-refractivity contribution in [1.29, 1.82) is 0 Å². The van der Waals surface area contributed by atoms with Crippen LogP contribution in [0.4, 0.5) is 4.79 Å². The molecule has 136 valence electrons. The summed E-state index contributed by atoms with van der Waals surface area (Å²) in [6, 6.07) is 0. The molecule has 23 heavy (non-hydrogen) atoms. The van der Waals surface area contributed by atoms with Gasteiger partial charge < -0.3 is 19.7 Å². The Bertz CT molecular complexity index is 354. The average Bonchev–Trinajstić information content (AvgIpc) is 3.16. The van der Waals surface area contributed by atoms with Crippen molar-refractivity contribution in [3.63, 3.8) is 0 Å². The second kappa shape index (κ2) is 8.88. The Morgan fingerprint density at radius 3 is 2.30 bits per heavy atom. The first kappa shape index (κ1) is 20.2. The summed E-state index contributed by atoms with van der Waals surface area (Å²) in [4.78, 5) is 14.1. The third-order valence-corrected chi connectivity index (χ3v) is 3.63. The number of hydrogen-bond acceptors (Lipinski definition) is 4. The van der Waals surface area contributed by atoms with E-state index in [9.17, 15) is 4.79 Å². The molecular formula is C18H36N2O3. The molecule has 0 heterocycles. The van der Waals surface area contributed by atoms with E-state index in [1.807, 2.05) is 41.5 Å². The summed E-state index contributed by atoms with van der Waals surface area (Å²) < 4.78 is 11.1. The largest absolute Gasteiger partial charge is 0.444 e. The highest BCUT2D eigenvalue weighted by atomic mass is 16.6. The van der Waals surface area contributed by atoms with Crippen LogP contribution in [0.1, 0.15) is 60.8 Å². The van der Waals surface area contributed by atoms with Crippen molar-refractivity contribution in [3.05, 3.63) is 0 Å². The Morgan fingerprint density at radius 1 is 1.13 bits per heavy atom. The second-order valence-corrected chi connectivity index (χ2v) is 8.42. The number of nitrogens with zero attached hydrogens (tertiary/aromatic N) is 1. The summed E-state index contributed by atoms with van der Waals surface area (Å²) in [5.41, 5.74) is -0.718. The fourth-order valence-corrected chi connectivity index (χ4v) is 2.17. The molecule has 0 aromatic carbocycles. The molecule has 1 N–H and O–H groups in total. The van der Waals surface area contributed by atoms with E-state index in [1.54, 1.807) is 4.90 Å². The molecule has 0 radical (unpaired) electrons. The highest BCUT2D eigenvalue weighted by Crippen LogP contribution is 2.28. The summed E-state index contributed by atoms with van der Waals surface area (Å²) in [6.07, 6.45) is 3.44. The molecule has 0 spiro atoms. The third kappa shape index (κ3) is 9.82. The fraction of sp³-hybridized carbons (Fsp3) is 0.944. The van der Waals surface area contributed by atoms with E-state index in [-0.39, 0.29) is 11.6 Å². The van der Waals surface area contributed by atoms with Crippen molar-refractivity contribution >= 4 is 6.09 Å². The van der Waals surface area contributed by atoms with Crippen LogP contribution >= 0.6 is 0 Å². The van der Waals surface area contributed by atoms with Crippen molar-refractivity contribution in [2.45, 2.75) is 71.9 Å². The standard InChI is InChI=1S/C18H36N2O3/c1-17(2,3)20(16(21)23-18(4,5)6)12-11-19-10-7-13-22-14-15-8-9-15/h15,19H,7-14H2,1-6H3. The smallest absolute Gasteiger partial charge is 0.410 e. The Kier molecular flexibility index (Phi) is 7.81. The lowest BCUT2D eigenvalue weighted by Crippen LogP contribution is -2.50. The van der Waals surface area contributed by atoms with Gasteiger partial charge in [-0.1, -0.05) is 0 Å². The van der Waals surface area contributed by atoms with Gasteiger partial charge in [-0.15, -0.1) is 0 Å². The van der Waals surface area contributed by atoms with E-state index in [2.05, 4.69) is 5.32 Å². The Hall–Kier alpha value is -0.810. The van der Waals surface area contributed by atoms with E-state index in [4.69, 9.17) is 9.47 Å². The van der Waals surface area contributed by atoms with E-state index < -0.39 is 5.60 Å². The number of amides is 1. The minimum Gasteiger partial charge on any atom is -0.444 e. The van der Waals surface area contributed by atoms with Crippen molar-refractivity contribution < 1.29 is 14.3 Å². The van der Waals surface area contributed by atoms with Crippen LogP contribution in [0.5, 0.6) is 0 Å². The zero-order chi connectivity index (χ0) is 17.5. The molecule has 0 aromatic heterocycles. The van der Waals surface area contributed by atoms with Crippen molar-refractivity contribution in [2.75, 3.05) is 32.8 Å². The molecule has 0 bridgehead atoms. The number of carbonyl (C=O) groups is 1. The van der Waals surface area contributed by atoms with Gasteiger partial charge in [-0.25, -0.2) is 4.79 Å². The van der Waals surface area contributed by atoms with Crippen LogP contribution < -0.4 is 5.32 Å². The first-order chi connectivity index (χ1) is 10.6. The van der Waals surface area contributed by atoms with Crippen LogP contribution in [0.2, 0.25) is 0 Å². The number of carbonyl (C=O) groups excluding carboxylic acids is 1. The average molecular weight is 328 g/mol. The summed E-state index contributed by atoms with van der Waals surface area (Å²) in [6.45, 7) is 15.8. The van der Waals surface area contributed by atoms with Gasteiger partial charge in [0.25, 0.3) is 0 Å². The Balaban J connectivity index is 2.19. The molecule has 1 rings (SSSR count).